The highest BCUT2D eigenvalue weighted by Gasteiger charge is 2.25. The first kappa shape index (κ1) is 22.5. The predicted octanol–water partition coefficient (Wildman–Crippen LogP) is 6.18. The van der Waals surface area contributed by atoms with E-state index in [4.69, 9.17) is 32.9 Å². The van der Waals surface area contributed by atoms with Crippen LogP contribution in [0.5, 0.6) is 5.75 Å². The van der Waals surface area contributed by atoms with Gasteiger partial charge in [0.25, 0.3) is 5.91 Å². The first-order valence-corrected chi connectivity index (χ1v) is 11.8. The molecule has 2 heterocycles. The van der Waals surface area contributed by atoms with E-state index < -0.39 is 0 Å². The smallest absolute Gasteiger partial charge is 0.254 e. The zero-order valence-electron chi connectivity index (χ0n) is 18.7. The lowest BCUT2D eigenvalue weighted by Crippen LogP contribution is -2.48. The van der Waals surface area contributed by atoms with Crippen molar-refractivity contribution in [3.05, 3.63) is 88.4 Å². The Morgan fingerprint density at radius 2 is 1.65 bits per heavy atom. The second-order valence-electron chi connectivity index (χ2n) is 8.17. The number of nitrogens with zero attached hydrogens (tertiary/aromatic N) is 3. The zero-order chi connectivity index (χ0) is 23.7. The van der Waals surface area contributed by atoms with Crippen LogP contribution in [0.2, 0.25) is 10.0 Å². The lowest BCUT2D eigenvalue weighted by molar-refractivity contribution is 0.0748. The number of hydrogen-bond donors (Lipinski definition) is 0. The quantitative estimate of drug-likeness (QED) is 0.341. The van der Waals surface area contributed by atoms with Crippen molar-refractivity contribution in [1.82, 2.24) is 9.88 Å². The molecule has 0 N–H and O–H groups in total. The van der Waals surface area contributed by atoms with E-state index in [1.807, 2.05) is 53.4 Å². The Balaban J connectivity index is 1.42. The number of pyridine rings is 1. The SMILES string of the molecule is COc1ccc(N2CCN(C(=O)c3cc(-c4ccc(Cl)cc4Cl)nc4ccccc34)CC2)cc1. The van der Waals surface area contributed by atoms with Crippen LogP contribution in [0.4, 0.5) is 5.69 Å². The highest BCUT2D eigenvalue weighted by Crippen LogP contribution is 2.32. The third kappa shape index (κ3) is 4.41. The van der Waals surface area contributed by atoms with Gasteiger partial charge in [0.1, 0.15) is 5.75 Å². The normalized spacial score (nSPS) is 13.9. The van der Waals surface area contributed by atoms with Crippen molar-refractivity contribution in [1.29, 1.82) is 0 Å². The van der Waals surface area contributed by atoms with E-state index in [2.05, 4.69) is 17.0 Å². The Bertz CT molecular complexity index is 1350. The topological polar surface area (TPSA) is 45.7 Å². The lowest BCUT2D eigenvalue weighted by Gasteiger charge is -2.36. The van der Waals surface area contributed by atoms with Crippen LogP contribution in [0.15, 0.2) is 72.8 Å². The molecule has 0 aliphatic carbocycles. The maximum atomic E-state index is 13.7. The van der Waals surface area contributed by atoms with Crippen molar-refractivity contribution in [2.45, 2.75) is 0 Å². The number of methoxy groups -OCH3 is 1. The zero-order valence-corrected chi connectivity index (χ0v) is 20.2. The number of carbonyl (C=O) groups excluding carboxylic acids is 1. The molecule has 172 valence electrons. The Hall–Kier alpha value is -3.28. The van der Waals surface area contributed by atoms with E-state index >= 15 is 0 Å². The number of hydrogen-bond acceptors (Lipinski definition) is 4. The Morgan fingerprint density at radius 3 is 2.35 bits per heavy atom. The molecule has 7 heteroatoms. The molecule has 3 aromatic carbocycles. The molecule has 4 aromatic rings. The molecular formula is C27H23Cl2N3O2. The number of anilines is 1. The molecule has 5 rings (SSSR count). The molecule has 0 spiro atoms. The van der Waals surface area contributed by atoms with E-state index in [0.717, 1.165) is 41.0 Å². The highest BCUT2D eigenvalue weighted by molar-refractivity contribution is 6.36. The third-order valence-electron chi connectivity index (χ3n) is 6.16. The van der Waals surface area contributed by atoms with E-state index in [1.165, 1.54) is 0 Å². The second kappa shape index (κ2) is 9.53. The van der Waals surface area contributed by atoms with Gasteiger partial charge in [0, 0.05) is 47.8 Å². The van der Waals surface area contributed by atoms with Gasteiger partial charge in [0.05, 0.1) is 28.9 Å². The fourth-order valence-corrected chi connectivity index (χ4v) is 4.82. The van der Waals surface area contributed by atoms with Crippen molar-refractivity contribution < 1.29 is 9.53 Å². The van der Waals surface area contributed by atoms with Crippen LogP contribution in [0.3, 0.4) is 0 Å². The first-order chi connectivity index (χ1) is 16.5. The van der Waals surface area contributed by atoms with Crippen LogP contribution in [-0.4, -0.2) is 49.1 Å². The summed E-state index contributed by atoms with van der Waals surface area (Å²) in [5.41, 5.74) is 3.91. The molecule has 0 atom stereocenters. The summed E-state index contributed by atoms with van der Waals surface area (Å²) in [4.78, 5) is 22.6. The number of piperazine rings is 1. The number of carbonyl (C=O) groups is 1. The van der Waals surface area contributed by atoms with E-state index in [9.17, 15) is 4.79 Å². The minimum absolute atomic E-state index is 0.000633. The highest BCUT2D eigenvalue weighted by atomic mass is 35.5. The first-order valence-electron chi connectivity index (χ1n) is 11.1. The summed E-state index contributed by atoms with van der Waals surface area (Å²) in [5, 5.41) is 1.89. The summed E-state index contributed by atoms with van der Waals surface area (Å²) in [6.07, 6.45) is 0. The Labute approximate surface area is 208 Å². The molecule has 34 heavy (non-hydrogen) atoms. The largest absolute Gasteiger partial charge is 0.497 e. The molecule has 1 amide bonds. The van der Waals surface area contributed by atoms with Crippen LogP contribution in [0.1, 0.15) is 10.4 Å². The van der Waals surface area contributed by atoms with E-state index in [0.29, 0.717) is 34.4 Å². The molecule has 1 aliphatic heterocycles. The summed E-state index contributed by atoms with van der Waals surface area (Å²) in [5.74, 6) is 0.832. The van der Waals surface area contributed by atoms with Crippen LogP contribution < -0.4 is 9.64 Å². The van der Waals surface area contributed by atoms with Gasteiger partial charge in [-0.1, -0.05) is 41.4 Å². The number of halogens is 2. The number of amides is 1. The molecule has 0 saturated carbocycles. The third-order valence-corrected chi connectivity index (χ3v) is 6.71. The van der Waals surface area contributed by atoms with Gasteiger partial charge in [-0.15, -0.1) is 0 Å². The number of aromatic nitrogens is 1. The maximum absolute atomic E-state index is 13.7. The number of rotatable bonds is 4. The molecule has 1 saturated heterocycles. The molecule has 0 radical (unpaired) electrons. The fraction of sp³-hybridized carbons (Fsp3) is 0.185. The van der Waals surface area contributed by atoms with Crippen molar-refractivity contribution in [3.8, 4) is 17.0 Å². The average Bonchev–Trinajstić information content (AvgIpc) is 2.88. The van der Waals surface area contributed by atoms with Crippen molar-refractivity contribution in [2.75, 3.05) is 38.2 Å². The van der Waals surface area contributed by atoms with Gasteiger partial charge in [-0.25, -0.2) is 4.98 Å². The van der Waals surface area contributed by atoms with Gasteiger partial charge in [-0.05, 0) is 54.6 Å². The number of benzene rings is 3. The van der Waals surface area contributed by atoms with Crippen LogP contribution in [0, 0.1) is 0 Å². The summed E-state index contributed by atoms with van der Waals surface area (Å²) in [6.45, 7) is 2.80. The summed E-state index contributed by atoms with van der Waals surface area (Å²) in [7, 11) is 1.66. The second-order valence-corrected chi connectivity index (χ2v) is 9.02. The average molecular weight is 492 g/mol. The molecule has 1 fully saturated rings. The minimum atomic E-state index is -0.000633. The van der Waals surface area contributed by atoms with Gasteiger partial charge in [0.2, 0.25) is 0 Å². The van der Waals surface area contributed by atoms with Crippen molar-refractivity contribution in [3.63, 3.8) is 0 Å². The lowest BCUT2D eigenvalue weighted by atomic mass is 10.0. The van der Waals surface area contributed by atoms with Gasteiger partial charge in [0.15, 0.2) is 0 Å². The van der Waals surface area contributed by atoms with Crippen LogP contribution >= 0.6 is 23.2 Å². The fourth-order valence-electron chi connectivity index (χ4n) is 4.32. The van der Waals surface area contributed by atoms with Crippen molar-refractivity contribution in [2.24, 2.45) is 0 Å². The molecule has 0 unspecified atom stereocenters. The van der Waals surface area contributed by atoms with Crippen molar-refractivity contribution >= 4 is 45.7 Å². The summed E-state index contributed by atoms with van der Waals surface area (Å²) in [6, 6.07) is 22.9. The predicted molar refractivity (Wildman–Crippen MR) is 138 cm³/mol. The standard InChI is InChI=1S/C27H23Cl2N3O2/c1-34-20-9-7-19(8-10-20)31-12-14-32(15-13-31)27(33)23-17-26(22-11-6-18(28)16-24(22)29)30-25-5-3-2-4-21(23)25/h2-11,16-17H,12-15H2,1H3. The van der Waals surface area contributed by atoms with Crippen LogP contribution in [-0.2, 0) is 0 Å². The van der Waals surface area contributed by atoms with Gasteiger partial charge >= 0.3 is 0 Å². The molecule has 1 aliphatic rings. The monoisotopic (exact) mass is 491 g/mol. The number of fused-ring (bicyclic) bond motifs is 1. The van der Waals surface area contributed by atoms with Crippen LogP contribution in [0.25, 0.3) is 22.2 Å². The van der Waals surface area contributed by atoms with Gasteiger partial charge in [-0.3, -0.25) is 4.79 Å². The van der Waals surface area contributed by atoms with E-state index in [1.54, 1.807) is 19.2 Å². The maximum Gasteiger partial charge on any atom is 0.254 e. The Kier molecular flexibility index (Phi) is 6.31. The molecule has 5 nitrogen and oxygen atoms in total. The van der Waals surface area contributed by atoms with Gasteiger partial charge < -0.3 is 14.5 Å². The number of ether oxygens (including phenoxy) is 1. The molecule has 1 aromatic heterocycles. The number of para-hydroxylation sites is 1. The minimum Gasteiger partial charge on any atom is -0.497 e. The van der Waals surface area contributed by atoms with E-state index in [-0.39, 0.29) is 5.91 Å². The summed E-state index contributed by atoms with van der Waals surface area (Å²) < 4.78 is 5.25. The molecule has 0 bridgehead atoms. The Morgan fingerprint density at radius 1 is 0.912 bits per heavy atom. The van der Waals surface area contributed by atoms with Gasteiger partial charge in [-0.2, -0.15) is 0 Å². The molecular weight excluding hydrogens is 469 g/mol. The summed E-state index contributed by atoms with van der Waals surface area (Å²) >= 11 is 12.5.